The van der Waals surface area contributed by atoms with Crippen LogP contribution in [0.5, 0.6) is 0 Å². The van der Waals surface area contributed by atoms with Gasteiger partial charge in [0.05, 0.1) is 13.1 Å². The molecule has 25 heavy (non-hydrogen) atoms. The zero-order valence-corrected chi connectivity index (χ0v) is 13.9. The molecular weight excluding hydrogens is 316 g/mol. The lowest BCUT2D eigenvalue weighted by atomic mass is 9.99. The molecule has 1 saturated heterocycles. The van der Waals surface area contributed by atoms with E-state index in [4.69, 9.17) is 4.42 Å². The van der Waals surface area contributed by atoms with Crippen molar-refractivity contribution in [2.24, 2.45) is 0 Å². The summed E-state index contributed by atoms with van der Waals surface area (Å²) in [4.78, 5) is 22.8. The van der Waals surface area contributed by atoms with Gasteiger partial charge >= 0.3 is 0 Å². The maximum absolute atomic E-state index is 12.2. The highest BCUT2D eigenvalue weighted by Gasteiger charge is 2.25. The summed E-state index contributed by atoms with van der Waals surface area (Å²) >= 11 is 0. The Hall–Kier alpha value is -2.73. The van der Waals surface area contributed by atoms with E-state index in [9.17, 15) is 4.79 Å². The van der Waals surface area contributed by atoms with E-state index in [1.54, 1.807) is 12.3 Å². The standard InChI is InChI=1S/C19H20N4O2/c24-17(21-11-18-22-19-16(25-18)7-4-9-20-19)13-23-10-8-15(12-23)14-5-2-1-3-6-14/h1-7,9,15H,8,10-13H2,(H,21,24). The molecule has 4 rings (SSSR count). The number of fused-ring (bicyclic) bond motifs is 1. The van der Waals surface area contributed by atoms with Gasteiger partial charge in [0.25, 0.3) is 0 Å². The Morgan fingerprint density at radius 1 is 1.24 bits per heavy atom. The van der Waals surface area contributed by atoms with Gasteiger partial charge in [-0.3, -0.25) is 9.69 Å². The van der Waals surface area contributed by atoms with Crippen molar-refractivity contribution in [2.75, 3.05) is 19.6 Å². The number of amides is 1. The van der Waals surface area contributed by atoms with Gasteiger partial charge in [-0.15, -0.1) is 0 Å². The van der Waals surface area contributed by atoms with Crippen LogP contribution in [0, 0.1) is 0 Å². The molecule has 0 bridgehead atoms. The fourth-order valence-electron chi connectivity index (χ4n) is 3.30. The average Bonchev–Trinajstić information content (AvgIpc) is 3.27. The molecule has 1 fully saturated rings. The molecule has 0 radical (unpaired) electrons. The van der Waals surface area contributed by atoms with Crippen molar-refractivity contribution in [1.82, 2.24) is 20.2 Å². The van der Waals surface area contributed by atoms with Crippen molar-refractivity contribution in [3.05, 3.63) is 60.1 Å². The second kappa shape index (κ2) is 7.03. The number of pyridine rings is 1. The fourth-order valence-corrected chi connectivity index (χ4v) is 3.30. The van der Waals surface area contributed by atoms with Crippen LogP contribution in [0.4, 0.5) is 0 Å². The second-order valence-electron chi connectivity index (χ2n) is 6.34. The third-order valence-corrected chi connectivity index (χ3v) is 4.56. The maximum Gasteiger partial charge on any atom is 0.234 e. The van der Waals surface area contributed by atoms with E-state index >= 15 is 0 Å². The first-order chi connectivity index (χ1) is 12.3. The molecule has 2 aromatic heterocycles. The lowest BCUT2D eigenvalue weighted by Gasteiger charge is -2.15. The van der Waals surface area contributed by atoms with Gasteiger partial charge in [0.2, 0.25) is 11.8 Å². The monoisotopic (exact) mass is 336 g/mol. The number of hydrogen-bond donors (Lipinski definition) is 1. The van der Waals surface area contributed by atoms with Gasteiger partial charge in [0.1, 0.15) is 0 Å². The number of carbonyl (C=O) groups is 1. The molecule has 1 N–H and O–H groups in total. The summed E-state index contributed by atoms with van der Waals surface area (Å²) in [7, 11) is 0. The molecule has 3 aromatic rings. The lowest BCUT2D eigenvalue weighted by molar-refractivity contribution is -0.122. The highest BCUT2D eigenvalue weighted by atomic mass is 16.3. The normalized spacial score (nSPS) is 17.8. The number of carbonyl (C=O) groups excluding carboxylic acids is 1. The Morgan fingerprint density at radius 2 is 2.12 bits per heavy atom. The number of aromatic nitrogens is 2. The molecule has 3 heterocycles. The van der Waals surface area contributed by atoms with E-state index in [0.29, 0.717) is 29.6 Å². The molecule has 1 aliphatic rings. The van der Waals surface area contributed by atoms with Gasteiger partial charge in [-0.1, -0.05) is 30.3 Å². The van der Waals surface area contributed by atoms with Crippen LogP contribution < -0.4 is 5.32 Å². The number of nitrogens with zero attached hydrogens (tertiary/aromatic N) is 3. The van der Waals surface area contributed by atoms with E-state index in [0.717, 1.165) is 19.5 Å². The topological polar surface area (TPSA) is 71.3 Å². The number of oxazole rings is 1. The molecule has 128 valence electrons. The molecule has 0 saturated carbocycles. The lowest BCUT2D eigenvalue weighted by Crippen LogP contribution is -2.35. The Kier molecular flexibility index (Phi) is 4.43. The van der Waals surface area contributed by atoms with Crippen LogP contribution in [0.3, 0.4) is 0 Å². The SMILES string of the molecule is O=C(CN1CCC(c2ccccc2)C1)NCc1nc2ncccc2o1. The van der Waals surface area contributed by atoms with E-state index < -0.39 is 0 Å². The van der Waals surface area contributed by atoms with E-state index in [1.165, 1.54) is 5.56 Å². The summed E-state index contributed by atoms with van der Waals surface area (Å²) in [6.07, 6.45) is 2.76. The van der Waals surface area contributed by atoms with Gasteiger partial charge < -0.3 is 9.73 Å². The second-order valence-corrected chi connectivity index (χ2v) is 6.34. The zero-order chi connectivity index (χ0) is 17.1. The Bertz CT molecular complexity index is 829. The Labute approximate surface area is 145 Å². The van der Waals surface area contributed by atoms with Crippen LogP contribution in [0.25, 0.3) is 11.2 Å². The van der Waals surface area contributed by atoms with Crippen LogP contribution in [-0.4, -0.2) is 40.4 Å². The van der Waals surface area contributed by atoms with Crippen molar-refractivity contribution >= 4 is 17.1 Å². The molecule has 1 aromatic carbocycles. The van der Waals surface area contributed by atoms with Crippen LogP contribution in [0.2, 0.25) is 0 Å². The third kappa shape index (κ3) is 3.69. The fraction of sp³-hybridized carbons (Fsp3) is 0.316. The molecule has 6 nitrogen and oxygen atoms in total. The molecule has 1 atom stereocenters. The van der Waals surface area contributed by atoms with Crippen molar-refractivity contribution in [3.63, 3.8) is 0 Å². The number of benzene rings is 1. The predicted octanol–water partition coefficient (Wildman–Crippen LogP) is 2.33. The van der Waals surface area contributed by atoms with E-state index in [1.807, 2.05) is 12.1 Å². The van der Waals surface area contributed by atoms with Gasteiger partial charge in [0.15, 0.2) is 11.2 Å². The van der Waals surface area contributed by atoms with Gasteiger partial charge in [-0.05, 0) is 36.6 Å². The van der Waals surface area contributed by atoms with Crippen molar-refractivity contribution < 1.29 is 9.21 Å². The molecule has 1 amide bonds. The van der Waals surface area contributed by atoms with Crippen LogP contribution in [-0.2, 0) is 11.3 Å². The largest absolute Gasteiger partial charge is 0.437 e. The summed E-state index contributed by atoms with van der Waals surface area (Å²) in [6.45, 7) is 2.55. The van der Waals surface area contributed by atoms with E-state index in [2.05, 4.69) is 44.5 Å². The molecule has 6 heteroatoms. The van der Waals surface area contributed by atoms with Crippen molar-refractivity contribution in [3.8, 4) is 0 Å². The predicted molar refractivity (Wildman–Crippen MR) is 93.9 cm³/mol. The van der Waals surface area contributed by atoms with Crippen molar-refractivity contribution in [2.45, 2.75) is 18.9 Å². The third-order valence-electron chi connectivity index (χ3n) is 4.56. The first-order valence-corrected chi connectivity index (χ1v) is 8.52. The quantitative estimate of drug-likeness (QED) is 0.774. The minimum atomic E-state index is -0.0103. The molecule has 1 aliphatic heterocycles. The number of rotatable bonds is 5. The van der Waals surface area contributed by atoms with Gasteiger partial charge in [-0.2, -0.15) is 4.98 Å². The van der Waals surface area contributed by atoms with Gasteiger partial charge in [-0.25, -0.2) is 4.98 Å². The minimum absolute atomic E-state index is 0.0103. The van der Waals surface area contributed by atoms with E-state index in [-0.39, 0.29) is 12.5 Å². The average molecular weight is 336 g/mol. The van der Waals surface area contributed by atoms with Crippen LogP contribution >= 0.6 is 0 Å². The van der Waals surface area contributed by atoms with Crippen LogP contribution in [0.15, 0.2) is 53.1 Å². The zero-order valence-electron chi connectivity index (χ0n) is 13.9. The Balaban J connectivity index is 1.28. The number of nitrogens with one attached hydrogen (secondary N) is 1. The summed E-state index contributed by atoms with van der Waals surface area (Å²) in [6, 6.07) is 14.1. The number of likely N-dealkylation sites (tertiary alicyclic amines) is 1. The maximum atomic E-state index is 12.2. The van der Waals surface area contributed by atoms with Crippen molar-refractivity contribution in [1.29, 1.82) is 0 Å². The first kappa shape index (κ1) is 15.8. The highest BCUT2D eigenvalue weighted by molar-refractivity contribution is 5.78. The molecule has 0 aliphatic carbocycles. The first-order valence-electron chi connectivity index (χ1n) is 8.52. The summed E-state index contributed by atoms with van der Waals surface area (Å²) in [5.41, 5.74) is 2.55. The number of hydrogen-bond acceptors (Lipinski definition) is 5. The van der Waals surface area contributed by atoms with Gasteiger partial charge in [0, 0.05) is 12.7 Å². The summed E-state index contributed by atoms with van der Waals surface area (Å²) in [5, 5.41) is 2.88. The highest BCUT2D eigenvalue weighted by Crippen LogP contribution is 2.26. The minimum Gasteiger partial charge on any atom is -0.437 e. The van der Waals surface area contributed by atoms with Crippen LogP contribution in [0.1, 0.15) is 23.8 Å². The summed E-state index contributed by atoms with van der Waals surface area (Å²) < 4.78 is 5.56. The molecular formula is C19H20N4O2. The summed E-state index contributed by atoms with van der Waals surface area (Å²) in [5.74, 6) is 0.978. The Morgan fingerprint density at radius 3 is 2.96 bits per heavy atom. The smallest absolute Gasteiger partial charge is 0.234 e. The molecule has 0 spiro atoms. The molecule has 1 unspecified atom stereocenters.